The number of β-amino-alcohol motifs (C(OH)–C–C–N with tert-alkyl or cyclic N) is 1. The van der Waals surface area contributed by atoms with Crippen LogP contribution < -0.4 is 30.3 Å². The van der Waals surface area contributed by atoms with Crippen LogP contribution in [0.2, 0.25) is 0 Å². The van der Waals surface area contributed by atoms with Crippen LogP contribution in [0.1, 0.15) is 87.3 Å². The number of piperidine rings is 1. The summed E-state index contributed by atoms with van der Waals surface area (Å²) in [6.45, 7) is 10.2. The molecule has 0 spiro atoms. The highest BCUT2D eigenvalue weighted by Gasteiger charge is 2.44. The number of aromatic nitrogens is 5. The number of fused-ring (bicyclic) bond motifs is 2. The molecular formula is C57H66N12O8S. The van der Waals surface area contributed by atoms with Crippen LogP contribution in [0, 0.1) is 24.2 Å². The van der Waals surface area contributed by atoms with Crippen molar-refractivity contribution in [3.8, 4) is 45.3 Å². The Kier molecular flexibility index (Phi) is 15.5. The van der Waals surface area contributed by atoms with E-state index in [2.05, 4.69) is 63.5 Å². The van der Waals surface area contributed by atoms with E-state index in [9.17, 15) is 25.1 Å². The average Bonchev–Trinajstić information content (AvgIpc) is 4.40. The number of piperazine rings is 1. The molecule has 2 bridgehead atoms. The summed E-state index contributed by atoms with van der Waals surface area (Å²) in [6.07, 6.45) is 7.04. The van der Waals surface area contributed by atoms with E-state index in [4.69, 9.17) is 24.5 Å². The number of nitrogens with zero attached hydrogens (tertiary/aromatic N) is 10. The molecule has 1 aliphatic carbocycles. The number of nitriles is 1. The molecule has 408 valence electrons. The zero-order chi connectivity index (χ0) is 54.0. The number of nitrogens with one attached hydrogen (secondary N) is 1. The normalized spacial score (nSPS) is 22.8. The first kappa shape index (κ1) is 52.7. The number of aryl methyl sites for hydroxylation is 1. The van der Waals surface area contributed by atoms with E-state index >= 15 is 0 Å². The number of phenols is 1. The molecule has 5 atom stereocenters. The van der Waals surface area contributed by atoms with Gasteiger partial charge in [0.2, 0.25) is 17.7 Å². The van der Waals surface area contributed by atoms with E-state index in [1.54, 1.807) is 29.8 Å². The average molecular weight is 1080 g/mol. The van der Waals surface area contributed by atoms with E-state index < -0.39 is 24.0 Å². The number of hydrogen-bond donors (Lipinski definition) is 4. The molecule has 78 heavy (non-hydrogen) atoms. The third-order valence-electron chi connectivity index (χ3n) is 16.0. The number of nitrogen functional groups attached to an aromatic ring is 1. The van der Waals surface area contributed by atoms with Gasteiger partial charge in [0, 0.05) is 107 Å². The van der Waals surface area contributed by atoms with Crippen LogP contribution in [-0.4, -0.2) is 146 Å². The Bertz CT molecular complexity index is 3140. The lowest BCUT2D eigenvalue weighted by atomic mass is 9.91. The second-order valence-electron chi connectivity index (χ2n) is 21.6. The minimum atomic E-state index is -0.901. The van der Waals surface area contributed by atoms with Crippen molar-refractivity contribution in [3.63, 3.8) is 0 Å². The Morgan fingerprint density at radius 3 is 2.47 bits per heavy atom. The molecule has 2 aromatic carbocycles. The number of ether oxygens (including phenoxy) is 3. The van der Waals surface area contributed by atoms with Gasteiger partial charge in [0.25, 0.3) is 5.88 Å². The summed E-state index contributed by atoms with van der Waals surface area (Å²) in [6, 6.07) is 22.3. The zero-order valence-corrected chi connectivity index (χ0v) is 44.9. The van der Waals surface area contributed by atoms with Gasteiger partial charge in [-0.1, -0.05) is 38.1 Å². The topological polar surface area (TPSA) is 255 Å². The van der Waals surface area contributed by atoms with Gasteiger partial charge in [-0.05, 0) is 85.1 Å². The van der Waals surface area contributed by atoms with E-state index in [0.717, 1.165) is 92.2 Å². The summed E-state index contributed by atoms with van der Waals surface area (Å²) >= 11 is 1.50. The van der Waals surface area contributed by atoms with Gasteiger partial charge in [0.1, 0.15) is 30.4 Å². The molecular weight excluding hydrogens is 1010 g/mol. The number of aliphatic hydroxyl groups excluding tert-OH is 1. The predicted molar refractivity (Wildman–Crippen MR) is 292 cm³/mol. The van der Waals surface area contributed by atoms with Crippen LogP contribution in [-0.2, 0) is 20.9 Å². The van der Waals surface area contributed by atoms with E-state index in [1.165, 1.54) is 16.2 Å². The van der Waals surface area contributed by atoms with Crippen molar-refractivity contribution in [1.29, 1.82) is 5.26 Å². The predicted octanol–water partition coefficient (Wildman–Crippen LogP) is 6.46. The van der Waals surface area contributed by atoms with Crippen LogP contribution in [0.5, 0.6) is 17.5 Å². The molecule has 6 aromatic rings. The van der Waals surface area contributed by atoms with E-state index in [-0.39, 0.29) is 73.4 Å². The molecule has 2 amide bonds. The Labute approximate surface area is 457 Å². The summed E-state index contributed by atoms with van der Waals surface area (Å²) in [7, 11) is 0. The molecule has 4 aliphatic heterocycles. The number of carbonyl (C=O) groups excluding carboxylic acids is 2. The number of thiazole rings is 1. The highest BCUT2D eigenvalue weighted by Crippen LogP contribution is 2.41. The largest absolute Gasteiger partial charge is 0.507 e. The Morgan fingerprint density at radius 1 is 0.936 bits per heavy atom. The molecule has 1 unspecified atom stereocenters. The lowest BCUT2D eigenvalue weighted by Crippen LogP contribution is -2.54. The van der Waals surface area contributed by atoms with Gasteiger partial charge < -0.3 is 54.7 Å². The highest BCUT2D eigenvalue weighted by atomic mass is 32.1. The number of anilines is 3. The van der Waals surface area contributed by atoms with E-state index in [1.807, 2.05) is 57.3 Å². The SMILES string of the molecule is Cc1ncsc1-c1ccc(CNC(=O)[C@@H]2C[C@@H](O)CN2C(=O)[C@H](c2cc(OCCN3CCC(OC4CC(Oc5cc(N6C7CC[C@@H]6CN(c6cc(-c8ccccc8O)nnc6N)C7)ccn5)C4)CC3)no2)C(C)C)c(C#N)c1. The van der Waals surface area contributed by atoms with Gasteiger partial charge >= 0.3 is 0 Å². The van der Waals surface area contributed by atoms with Crippen LogP contribution in [0.25, 0.3) is 21.7 Å². The second-order valence-corrected chi connectivity index (χ2v) is 22.4. The first-order valence-electron chi connectivity index (χ1n) is 27.1. The van der Waals surface area contributed by atoms with Crippen molar-refractivity contribution in [2.24, 2.45) is 5.92 Å². The first-order valence-corrected chi connectivity index (χ1v) is 28.0. The van der Waals surface area contributed by atoms with Crippen molar-refractivity contribution in [2.45, 2.75) is 121 Å². The molecule has 1 saturated carbocycles. The standard InChI is InChI=1S/C57H66N12O8S/c1-33(2)53(57(73)68-31-41(70)22-48(68)56(72)61-28-36-9-8-35(20-37(36)27-58)54-34(3)62-32-78-54)50-26-52(65-77-50)74-19-18-66-16-13-42(14-17-66)75-43-23-44(24-43)76-51-21-38(12-15-60-51)69-39-10-11-40(69)30-67(29-39)47-25-46(63-64-55(47)59)45-6-4-5-7-49(45)71/h4-9,12,15,20-21,25-26,32-33,39-44,48,53,70-71H,10-11,13-14,16-19,22-24,28-31H2,1-3H3,(H2,59,64)(H,61,72)/t39-,40?,41-,43?,44?,48+,53+/m1/s1. The Morgan fingerprint density at radius 2 is 1.73 bits per heavy atom. The quantitative estimate of drug-likeness (QED) is 0.0720. The minimum absolute atomic E-state index is 0.00628. The zero-order valence-electron chi connectivity index (χ0n) is 44.1. The number of carbonyl (C=O) groups is 2. The highest BCUT2D eigenvalue weighted by molar-refractivity contribution is 7.13. The van der Waals surface area contributed by atoms with Crippen LogP contribution in [0.4, 0.5) is 17.2 Å². The second kappa shape index (κ2) is 22.9. The van der Waals surface area contributed by atoms with Crippen LogP contribution >= 0.6 is 11.3 Å². The van der Waals surface area contributed by atoms with Gasteiger partial charge in [-0.2, -0.15) is 5.26 Å². The number of benzene rings is 2. The van der Waals surface area contributed by atoms with E-state index in [0.29, 0.717) is 53.0 Å². The third kappa shape index (κ3) is 11.3. The number of para-hydroxylation sites is 1. The van der Waals surface area contributed by atoms with Crippen molar-refractivity contribution in [3.05, 3.63) is 101 Å². The molecule has 21 heteroatoms. The van der Waals surface area contributed by atoms with Gasteiger partial charge in [-0.25, -0.2) is 9.97 Å². The monoisotopic (exact) mass is 1080 g/mol. The molecule has 20 nitrogen and oxygen atoms in total. The maximum Gasteiger partial charge on any atom is 0.254 e. The molecule has 4 aromatic heterocycles. The third-order valence-corrected chi connectivity index (χ3v) is 17.0. The number of likely N-dealkylation sites (tertiary alicyclic amines) is 2. The fourth-order valence-electron chi connectivity index (χ4n) is 11.9. The lowest BCUT2D eigenvalue weighted by Gasteiger charge is -2.43. The fraction of sp³-hybridized carbons (Fsp3) is 0.474. The summed E-state index contributed by atoms with van der Waals surface area (Å²) in [5.74, 6) is 0.0549. The molecule has 0 radical (unpaired) electrons. The summed E-state index contributed by atoms with van der Waals surface area (Å²) in [4.78, 5) is 46.4. The van der Waals surface area contributed by atoms with Crippen molar-refractivity contribution < 1.29 is 38.5 Å². The van der Waals surface area contributed by atoms with Gasteiger partial charge in [-0.15, -0.1) is 21.5 Å². The molecule has 5 fully saturated rings. The van der Waals surface area contributed by atoms with Gasteiger partial charge in [0.05, 0.1) is 57.4 Å². The fourth-order valence-corrected chi connectivity index (χ4v) is 12.7. The lowest BCUT2D eigenvalue weighted by molar-refractivity contribution is -0.141. The molecule has 4 saturated heterocycles. The smallest absolute Gasteiger partial charge is 0.254 e. The van der Waals surface area contributed by atoms with Gasteiger partial charge in [0.15, 0.2) is 11.6 Å². The molecule has 5 N–H and O–H groups in total. The molecule has 5 aliphatic rings. The number of amides is 2. The first-order chi connectivity index (χ1) is 37.8. The molecule has 11 rings (SSSR count). The minimum Gasteiger partial charge on any atom is -0.507 e. The van der Waals surface area contributed by atoms with Crippen molar-refractivity contribution in [2.75, 3.05) is 61.4 Å². The Hall–Kier alpha value is -7.38. The molecule has 8 heterocycles. The maximum absolute atomic E-state index is 14.2. The Balaban J connectivity index is 0.602. The summed E-state index contributed by atoms with van der Waals surface area (Å²) in [5.41, 5.74) is 14.2. The van der Waals surface area contributed by atoms with Crippen molar-refractivity contribution in [1.82, 2.24) is 40.4 Å². The number of phenolic OH excluding ortho intramolecular Hbond substituents is 1. The van der Waals surface area contributed by atoms with Crippen molar-refractivity contribution >= 4 is 40.3 Å². The number of pyridine rings is 1. The van der Waals surface area contributed by atoms with Crippen LogP contribution in [0.3, 0.4) is 0 Å². The number of hydrogen-bond acceptors (Lipinski definition) is 19. The number of rotatable bonds is 18. The summed E-state index contributed by atoms with van der Waals surface area (Å²) in [5, 5.41) is 46.7. The number of aliphatic hydroxyl groups is 1. The number of aromatic hydroxyl groups is 1. The summed E-state index contributed by atoms with van der Waals surface area (Å²) < 4.78 is 24.7. The van der Waals surface area contributed by atoms with Gasteiger partial charge in [-0.3, -0.25) is 14.5 Å². The number of nitrogens with two attached hydrogens (primary N) is 1. The van der Waals surface area contributed by atoms with Crippen LogP contribution in [0.15, 0.2) is 83.0 Å². The maximum atomic E-state index is 14.2.